The van der Waals surface area contributed by atoms with Crippen LogP contribution in [0.2, 0.25) is 0 Å². The van der Waals surface area contributed by atoms with Crippen LogP contribution < -0.4 is 0 Å². The molecule has 0 saturated carbocycles. The Kier molecular flexibility index (Phi) is 1.28. The maximum atomic E-state index is 4.32. The third-order valence-corrected chi connectivity index (χ3v) is 1.79. The number of H-pyrrole nitrogens is 1. The average Bonchev–Trinajstić information content (AvgIpc) is 2.37. The molecule has 0 aliphatic heterocycles. The lowest BCUT2D eigenvalue weighted by atomic mass is 10.1. The summed E-state index contributed by atoms with van der Waals surface area (Å²) in [6.45, 7) is 6.33. The third kappa shape index (κ3) is 0.995. The van der Waals surface area contributed by atoms with E-state index in [1.807, 2.05) is 10.9 Å². The van der Waals surface area contributed by atoms with Crippen LogP contribution in [0.15, 0.2) is 12.5 Å². The van der Waals surface area contributed by atoms with Crippen molar-refractivity contribution in [3.8, 4) is 0 Å². The molecule has 2 heterocycles. The molecule has 0 bridgehead atoms. The van der Waals surface area contributed by atoms with Gasteiger partial charge in [0.05, 0.1) is 18.1 Å². The van der Waals surface area contributed by atoms with Gasteiger partial charge >= 0.3 is 0 Å². The summed E-state index contributed by atoms with van der Waals surface area (Å²) in [4.78, 5) is 7.08. The van der Waals surface area contributed by atoms with Crippen LogP contribution in [-0.2, 0) is 5.54 Å². The molecule has 0 fully saturated rings. The molecular weight excluding hydrogens is 152 g/mol. The Labute approximate surface area is 70.6 Å². The van der Waals surface area contributed by atoms with Gasteiger partial charge < -0.3 is 4.98 Å². The first kappa shape index (κ1) is 7.34. The summed E-state index contributed by atoms with van der Waals surface area (Å²) >= 11 is 0. The first-order valence-corrected chi connectivity index (χ1v) is 3.96. The summed E-state index contributed by atoms with van der Waals surface area (Å²) in [6.07, 6.45) is 3.63. The normalized spacial score (nSPS) is 12.6. The van der Waals surface area contributed by atoms with Crippen molar-refractivity contribution < 1.29 is 0 Å². The number of nitrogens with one attached hydrogen (secondary N) is 1. The van der Waals surface area contributed by atoms with E-state index in [-0.39, 0.29) is 5.54 Å². The Morgan fingerprint density at radius 3 is 2.75 bits per heavy atom. The van der Waals surface area contributed by atoms with Crippen molar-refractivity contribution in [2.75, 3.05) is 0 Å². The second kappa shape index (κ2) is 2.09. The number of aromatic nitrogens is 4. The topological polar surface area (TPSA) is 46.5 Å². The lowest BCUT2D eigenvalue weighted by Gasteiger charge is -2.18. The zero-order valence-electron chi connectivity index (χ0n) is 7.50. The molecule has 0 spiro atoms. The van der Waals surface area contributed by atoms with E-state index >= 15 is 0 Å². The number of hydrogen-bond acceptors (Lipinski definition) is 2. The summed E-state index contributed by atoms with van der Waals surface area (Å²) in [6, 6.07) is 0. The van der Waals surface area contributed by atoms with Gasteiger partial charge in [0.1, 0.15) is 5.52 Å². The molecule has 64 valence electrons. The Morgan fingerprint density at radius 2 is 2.17 bits per heavy atom. The second-order valence-corrected chi connectivity index (χ2v) is 3.88. The van der Waals surface area contributed by atoms with Gasteiger partial charge in [0.2, 0.25) is 0 Å². The lowest BCUT2D eigenvalue weighted by molar-refractivity contribution is 0.357. The van der Waals surface area contributed by atoms with Crippen LogP contribution in [0, 0.1) is 0 Å². The van der Waals surface area contributed by atoms with E-state index in [1.54, 1.807) is 6.33 Å². The van der Waals surface area contributed by atoms with Crippen molar-refractivity contribution in [1.82, 2.24) is 19.7 Å². The van der Waals surface area contributed by atoms with E-state index in [0.717, 1.165) is 11.2 Å². The summed E-state index contributed by atoms with van der Waals surface area (Å²) in [5.74, 6) is 0. The molecule has 1 N–H and O–H groups in total. The predicted molar refractivity (Wildman–Crippen MR) is 46.9 cm³/mol. The molecule has 0 aromatic carbocycles. The second-order valence-electron chi connectivity index (χ2n) is 3.88. The minimum absolute atomic E-state index is 0.0293. The molecule has 0 aliphatic rings. The van der Waals surface area contributed by atoms with Crippen LogP contribution in [0.1, 0.15) is 20.8 Å². The molecule has 0 atom stereocenters. The zero-order chi connectivity index (χ0) is 8.77. The van der Waals surface area contributed by atoms with E-state index in [9.17, 15) is 0 Å². The van der Waals surface area contributed by atoms with Crippen LogP contribution >= 0.6 is 0 Å². The van der Waals surface area contributed by atoms with Crippen LogP contribution in [-0.4, -0.2) is 19.7 Å². The Morgan fingerprint density at radius 1 is 1.42 bits per heavy atom. The molecule has 0 amide bonds. The van der Waals surface area contributed by atoms with Crippen molar-refractivity contribution in [2.24, 2.45) is 0 Å². The molecule has 0 radical (unpaired) electrons. The largest absolute Gasteiger partial charge is 0.342 e. The van der Waals surface area contributed by atoms with Crippen LogP contribution in [0.3, 0.4) is 0 Å². The van der Waals surface area contributed by atoms with Gasteiger partial charge in [-0.05, 0) is 20.8 Å². The van der Waals surface area contributed by atoms with Gasteiger partial charge in [0.25, 0.3) is 0 Å². The van der Waals surface area contributed by atoms with Crippen molar-refractivity contribution in [3.63, 3.8) is 0 Å². The predicted octanol–water partition coefficient (Wildman–Crippen LogP) is 1.51. The summed E-state index contributed by atoms with van der Waals surface area (Å²) in [5, 5.41) is 4.32. The maximum absolute atomic E-state index is 4.32. The highest BCUT2D eigenvalue weighted by atomic mass is 15.3. The Hall–Kier alpha value is -1.32. The number of imidazole rings is 1. The smallest absolute Gasteiger partial charge is 0.199 e. The molecule has 0 saturated heterocycles. The Balaban J connectivity index is 2.59. The van der Waals surface area contributed by atoms with Gasteiger partial charge in [0, 0.05) is 0 Å². The van der Waals surface area contributed by atoms with Gasteiger partial charge in [-0.2, -0.15) is 5.10 Å². The summed E-state index contributed by atoms with van der Waals surface area (Å²) in [5.41, 5.74) is 1.80. The standard InChI is InChI=1S/C8H12N4/c1-8(2,3)12-4-6-7(11-12)10-5-9-6/h4-5H,1-3H3,(H,9,10,11). The summed E-state index contributed by atoms with van der Waals surface area (Å²) < 4.78 is 1.92. The van der Waals surface area contributed by atoms with Gasteiger partial charge in [0.15, 0.2) is 5.65 Å². The molecular formula is C8H12N4. The maximum Gasteiger partial charge on any atom is 0.199 e. The highest BCUT2D eigenvalue weighted by Crippen LogP contribution is 2.15. The fraction of sp³-hybridized carbons (Fsp3) is 0.500. The number of aromatic amines is 1. The minimum atomic E-state index is 0.0293. The van der Waals surface area contributed by atoms with Crippen molar-refractivity contribution in [3.05, 3.63) is 12.5 Å². The molecule has 0 aliphatic carbocycles. The van der Waals surface area contributed by atoms with Gasteiger partial charge in [-0.25, -0.2) is 4.98 Å². The molecule has 2 aromatic heterocycles. The van der Waals surface area contributed by atoms with Gasteiger partial charge in [-0.15, -0.1) is 0 Å². The number of nitrogens with zero attached hydrogens (tertiary/aromatic N) is 3. The fourth-order valence-electron chi connectivity index (χ4n) is 1.07. The lowest BCUT2D eigenvalue weighted by Crippen LogP contribution is -2.22. The third-order valence-electron chi connectivity index (χ3n) is 1.79. The first-order chi connectivity index (χ1) is 5.57. The minimum Gasteiger partial charge on any atom is -0.342 e. The van der Waals surface area contributed by atoms with Crippen molar-refractivity contribution in [2.45, 2.75) is 26.3 Å². The molecule has 12 heavy (non-hydrogen) atoms. The van der Waals surface area contributed by atoms with Gasteiger partial charge in [-0.3, -0.25) is 4.68 Å². The zero-order valence-corrected chi connectivity index (χ0v) is 7.50. The number of hydrogen-bond donors (Lipinski definition) is 1. The van der Waals surface area contributed by atoms with Gasteiger partial charge in [-0.1, -0.05) is 0 Å². The molecule has 2 aromatic rings. The monoisotopic (exact) mass is 164 g/mol. The van der Waals surface area contributed by atoms with Crippen LogP contribution in [0.4, 0.5) is 0 Å². The molecule has 4 nitrogen and oxygen atoms in total. The first-order valence-electron chi connectivity index (χ1n) is 3.96. The van der Waals surface area contributed by atoms with Crippen LogP contribution in [0.5, 0.6) is 0 Å². The molecule has 0 unspecified atom stereocenters. The Bertz CT molecular complexity index is 362. The highest BCUT2D eigenvalue weighted by molar-refractivity contribution is 5.68. The molecule has 2 rings (SSSR count). The number of rotatable bonds is 0. The quantitative estimate of drug-likeness (QED) is 0.641. The average molecular weight is 164 g/mol. The van der Waals surface area contributed by atoms with Crippen molar-refractivity contribution in [1.29, 1.82) is 0 Å². The van der Waals surface area contributed by atoms with E-state index < -0.39 is 0 Å². The van der Waals surface area contributed by atoms with Crippen LogP contribution in [0.25, 0.3) is 11.2 Å². The molecule has 4 heteroatoms. The van der Waals surface area contributed by atoms with E-state index in [2.05, 4.69) is 35.8 Å². The van der Waals surface area contributed by atoms with E-state index in [0.29, 0.717) is 0 Å². The van der Waals surface area contributed by atoms with E-state index in [1.165, 1.54) is 0 Å². The fourth-order valence-corrected chi connectivity index (χ4v) is 1.07. The number of fused-ring (bicyclic) bond motifs is 1. The highest BCUT2D eigenvalue weighted by Gasteiger charge is 2.15. The van der Waals surface area contributed by atoms with Crippen molar-refractivity contribution >= 4 is 11.2 Å². The summed E-state index contributed by atoms with van der Waals surface area (Å²) in [7, 11) is 0. The van der Waals surface area contributed by atoms with E-state index in [4.69, 9.17) is 0 Å². The SMILES string of the molecule is CC(C)(C)n1cc2[nH]cnc2n1.